The van der Waals surface area contributed by atoms with Crippen LogP contribution in [-0.2, 0) is 209 Å². The van der Waals surface area contributed by atoms with Crippen LogP contribution in [0.4, 0.5) is 0 Å². The summed E-state index contributed by atoms with van der Waals surface area (Å²) >= 11 is 0. The summed E-state index contributed by atoms with van der Waals surface area (Å²) in [5.74, 6) is -10.9. The van der Waals surface area contributed by atoms with E-state index in [4.69, 9.17) is 152 Å². The standard InChI is InChI=1S/C89H156O44/c1-77(37-102-13,38-103-14)69(94)126-53-85(9,54-127-70(95)78(2,39-104-15)40-105-16)65(90)122-33-29-118-61-89(62-119-30-34-123-66(91)86(10,55-128-71(96)79(3,41-106-17)42-107-18)56-129-72(97)80(4,43-108-19)44-109-20,63-120-31-35-124-67(92)87(11,57-130-73(98)81(5,45-110-21)46-111-22)58-131-74(99)82(6,47-112-23)48-113-24)64-121-32-36-125-68(93)88(12,59-132-75(100)83(7,49-114-25)50-115-26)60-133-76(101)84(8,51-116-27)52-117-28/h29-64H2,1-28H3. The van der Waals surface area contributed by atoms with E-state index >= 15 is 0 Å². The Labute approximate surface area is 782 Å². The first-order valence-corrected chi connectivity index (χ1v) is 42.7. The Morgan fingerprint density at radius 1 is 0.128 bits per heavy atom. The topological polar surface area (TPSA) is 500 Å². The second-order valence-corrected chi connectivity index (χ2v) is 36.5. The maximum atomic E-state index is 14.6. The number of rotatable bonds is 80. The van der Waals surface area contributed by atoms with Crippen LogP contribution >= 0.6 is 0 Å². The van der Waals surface area contributed by atoms with Gasteiger partial charge in [-0.05, 0) is 83.1 Å². The monoisotopic (exact) mass is 1930 g/mol. The van der Waals surface area contributed by atoms with E-state index < -0.39 is 274 Å². The molecule has 133 heavy (non-hydrogen) atoms. The number of methoxy groups -OCH3 is 16. The SMILES string of the molecule is COCC(C)(COC)C(=O)OCC(C)(COC(=O)C(C)(COC)COC)C(=O)OCCOCC(COCCOC(=O)C(C)(COC(=O)C(C)(COC)COC)COC(=O)C(C)(COC)COC)(COCCOC(=O)C(C)(COC(=O)C(C)(COC)COC)COC(=O)C(C)(COC)COC)COCCOC(=O)C(C)(COC(=O)C(C)(COC)COC)COC(=O)C(C)(COC)COC. The minimum absolute atomic E-state index is 0.163. The Bertz CT molecular complexity index is 2800. The van der Waals surface area contributed by atoms with Gasteiger partial charge in [-0.1, -0.05) is 0 Å². The van der Waals surface area contributed by atoms with Crippen LogP contribution < -0.4 is 0 Å². The highest BCUT2D eigenvalue weighted by Gasteiger charge is 2.51. The average Bonchev–Trinajstić information content (AvgIpc) is 0.832. The number of hydrogen-bond acceptors (Lipinski definition) is 44. The van der Waals surface area contributed by atoms with Crippen molar-refractivity contribution in [3.05, 3.63) is 0 Å². The lowest BCUT2D eigenvalue weighted by Crippen LogP contribution is -2.46. The fourth-order valence-corrected chi connectivity index (χ4v) is 13.1. The van der Waals surface area contributed by atoms with Crippen molar-refractivity contribution in [1.82, 2.24) is 0 Å². The first kappa shape index (κ1) is 126. The van der Waals surface area contributed by atoms with Gasteiger partial charge in [-0.3, -0.25) is 57.5 Å². The molecule has 0 atom stereocenters. The van der Waals surface area contributed by atoms with E-state index in [9.17, 15) is 57.5 Å². The zero-order valence-corrected chi connectivity index (χ0v) is 83.9. The molecule has 0 aromatic carbocycles. The molecule has 0 aliphatic heterocycles. The zero-order chi connectivity index (χ0) is 102. The van der Waals surface area contributed by atoms with Gasteiger partial charge in [0, 0.05) is 114 Å². The number of hydrogen-bond donors (Lipinski definition) is 0. The van der Waals surface area contributed by atoms with Gasteiger partial charge < -0.3 is 152 Å². The molecule has 0 heterocycles. The van der Waals surface area contributed by atoms with Gasteiger partial charge in [0.1, 0.15) is 144 Å². The molecule has 0 spiro atoms. The largest absolute Gasteiger partial charge is 0.464 e. The summed E-state index contributed by atoms with van der Waals surface area (Å²) < 4.78 is 180. The van der Waals surface area contributed by atoms with Gasteiger partial charge in [-0.25, -0.2) is 0 Å². The number of carbonyl (C=O) groups is 12. The zero-order valence-electron chi connectivity index (χ0n) is 83.9. The van der Waals surface area contributed by atoms with Crippen molar-refractivity contribution in [1.29, 1.82) is 0 Å². The van der Waals surface area contributed by atoms with Crippen molar-refractivity contribution in [3.63, 3.8) is 0 Å². The minimum atomic E-state index is -1.94. The quantitative estimate of drug-likeness (QED) is 0.0480. The third-order valence-electron chi connectivity index (χ3n) is 21.0. The van der Waals surface area contributed by atoms with E-state index in [-0.39, 0.29) is 106 Å². The molecule has 0 fully saturated rings. The van der Waals surface area contributed by atoms with Crippen molar-refractivity contribution in [2.75, 3.05) is 352 Å². The van der Waals surface area contributed by atoms with Gasteiger partial charge in [-0.15, -0.1) is 0 Å². The lowest BCUT2D eigenvalue weighted by Gasteiger charge is -2.34. The molecule has 0 aliphatic rings. The lowest BCUT2D eigenvalue weighted by atomic mass is 9.90. The average molecular weight is 1930 g/mol. The Morgan fingerprint density at radius 3 is 0.316 bits per heavy atom. The highest BCUT2D eigenvalue weighted by Crippen LogP contribution is 2.35. The van der Waals surface area contributed by atoms with Crippen molar-refractivity contribution in [2.24, 2.45) is 70.4 Å². The van der Waals surface area contributed by atoms with E-state index in [0.717, 1.165) is 0 Å². The molecule has 0 saturated heterocycles. The molecule has 44 nitrogen and oxygen atoms in total. The third-order valence-corrected chi connectivity index (χ3v) is 21.0. The van der Waals surface area contributed by atoms with Crippen molar-refractivity contribution in [3.8, 4) is 0 Å². The van der Waals surface area contributed by atoms with Gasteiger partial charge >= 0.3 is 71.6 Å². The molecule has 0 aliphatic carbocycles. The van der Waals surface area contributed by atoms with Crippen LogP contribution in [0.15, 0.2) is 0 Å². The summed E-state index contributed by atoms with van der Waals surface area (Å²) in [6.07, 6.45) is 0. The summed E-state index contributed by atoms with van der Waals surface area (Å²) in [7, 11) is 21.8. The minimum Gasteiger partial charge on any atom is -0.464 e. The Balaban J connectivity index is 8.70. The highest BCUT2D eigenvalue weighted by atomic mass is 16.6. The molecule has 0 rings (SSSR count). The van der Waals surface area contributed by atoms with Crippen LogP contribution in [0.5, 0.6) is 0 Å². The summed E-state index contributed by atoms with van der Waals surface area (Å²) in [6.45, 7) is 3.05. The predicted octanol–water partition coefficient (Wildman–Crippen LogP) is 2.98. The van der Waals surface area contributed by atoms with Crippen molar-refractivity contribution >= 4 is 71.6 Å². The predicted molar refractivity (Wildman–Crippen MR) is 465 cm³/mol. The first-order valence-electron chi connectivity index (χ1n) is 42.7. The van der Waals surface area contributed by atoms with Gasteiger partial charge in [0.05, 0.1) is 164 Å². The van der Waals surface area contributed by atoms with E-state index in [2.05, 4.69) is 0 Å². The molecule has 0 saturated carbocycles. The second-order valence-electron chi connectivity index (χ2n) is 36.5. The Hall–Kier alpha value is -7.16. The van der Waals surface area contributed by atoms with Crippen LogP contribution in [0, 0.1) is 70.4 Å². The van der Waals surface area contributed by atoms with E-state index in [1.165, 1.54) is 197 Å². The van der Waals surface area contributed by atoms with Gasteiger partial charge in [0.25, 0.3) is 0 Å². The highest BCUT2D eigenvalue weighted by molar-refractivity contribution is 5.85. The normalized spacial score (nSPS) is 12.9. The molecular weight excluding hydrogens is 1770 g/mol. The van der Waals surface area contributed by atoms with E-state index in [1.807, 2.05) is 0 Å². The summed E-state index contributed by atoms with van der Waals surface area (Å²) in [5.41, 5.74) is -20.4. The van der Waals surface area contributed by atoms with Gasteiger partial charge in [0.15, 0.2) is 0 Å². The molecule has 0 aromatic heterocycles. The molecule has 776 valence electrons. The molecule has 0 amide bonds. The molecule has 0 unspecified atom stereocenters. The summed E-state index contributed by atoms with van der Waals surface area (Å²) in [6, 6.07) is 0. The van der Waals surface area contributed by atoms with Crippen molar-refractivity contribution < 1.29 is 209 Å². The molecule has 0 radical (unpaired) electrons. The van der Waals surface area contributed by atoms with Crippen LogP contribution in [0.1, 0.15) is 83.1 Å². The van der Waals surface area contributed by atoms with E-state index in [0.29, 0.717) is 0 Å². The molecule has 0 bridgehead atoms. The lowest BCUT2D eigenvalue weighted by molar-refractivity contribution is -0.183. The number of ether oxygens (including phenoxy) is 32. The fraction of sp³-hybridized carbons (Fsp3) is 0.865. The fourth-order valence-electron chi connectivity index (χ4n) is 13.1. The van der Waals surface area contributed by atoms with Crippen LogP contribution in [-0.4, -0.2) is 423 Å². The van der Waals surface area contributed by atoms with Crippen LogP contribution in [0.25, 0.3) is 0 Å². The van der Waals surface area contributed by atoms with Crippen LogP contribution in [0.2, 0.25) is 0 Å². The maximum absolute atomic E-state index is 14.6. The van der Waals surface area contributed by atoms with E-state index in [1.54, 1.807) is 0 Å². The second kappa shape index (κ2) is 62.6. The van der Waals surface area contributed by atoms with Gasteiger partial charge in [-0.2, -0.15) is 0 Å². The third kappa shape index (κ3) is 41.6. The Kier molecular flexibility index (Phi) is 59.3. The molecule has 0 N–H and O–H groups in total. The summed E-state index contributed by atoms with van der Waals surface area (Å²) in [5, 5.41) is 0. The first-order chi connectivity index (χ1) is 62.5. The smallest absolute Gasteiger partial charge is 0.318 e. The molecule has 44 heteroatoms. The molecular formula is C89H156O44. The Morgan fingerprint density at radius 2 is 0.218 bits per heavy atom. The summed E-state index contributed by atoms with van der Waals surface area (Å²) in [4.78, 5) is 169. The van der Waals surface area contributed by atoms with Crippen LogP contribution in [0.3, 0.4) is 0 Å². The maximum Gasteiger partial charge on any atom is 0.318 e. The van der Waals surface area contributed by atoms with Crippen molar-refractivity contribution in [2.45, 2.75) is 83.1 Å². The molecule has 0 aromatic rings. The number of carbonyl (C=O) groups excluding carboxylic acids is 12. The number of esters is 12. The van der Waals surface area contributed by atoms with Gasteiger partial charge in [0.2, 0.25) is 0 Å².